The molecule has 9 heteroatoms. The van der Waals surface area contributed by atoms with Gasteiger partial charge in [-0.05, 0) is 56.4 Å². The zero-order chi connectivity index (χ0) is 24.9. The molecule has 1 aliphatic carbocycles. The van der Waals surface area contributed by atoms with Crippen molar-refractivity contribution in [3.63, 3.8) is 0 Å². The van der Waals surface area contributed by atoms with Gasteiger partial charge in [0.15, 0.2) is 23.1 Å². The lowest BCUT2D eigenvalue weighted by atomic mass is 9.77. The molecule has 0 spiro atoms. The van der Waals surface area contributed by atoms with Crippen LogP contribution in [0.25, 0.3) is 0 Å². The number of hydrogen-bond acceptors (Lipinski definition) is 3. The fourth-order valence-electron chi connectivity index (χ4n) is 4.20. The van der Waals surface area contributed by atoms with E-state index in [9.17, 15) is 26.3 Å². The Morgan fingerprint density at radius 2 is 1.38 bits per heavy atom. The minimum Gasteiger partial charge on any atom is -0.491 e. The molecule has 0 aliphatic heterocycles. The van der Waals surface area contributed by atoms with Crippen molar-refractivity contribution in [2.75, 3.05) is 13.2 Å². The molecule has 188 valence electrons. The summed E-state index contributed by atoms with van der Waals surface area (Å²) >= 11 is 0. The Hall–Kier alpha value is -2.58. The summed E-state index contributed by atoms with van der Waals surface area (Å²) in [4.78, 5) is 0. The number of ether oxygens (including phenoxy) is 3. The minimum atomic E-state index is -2.81. The highest BCUT2D eigenvalue weighted by atomic mass is 19.3. The van der Waals surface area contributed by atoms with E-state index in [4.69, 9.17) is 14.2 Å². The van der Waals surface area contributed by atoms with Crippen LogP contribution in [0.15, 0.2) is 24.3 Å². The first-order valence-electron chi connectivity index (χ1n) is 11.4. The maximum absolute atomic E-state index is 14.5. The molecular formula is C25H28F6O3. The van der Waals surface area contributed by atoms with Crippen LogP contribution in [-0.4, -0.2) is 19.1 Å². The first kappa shape index (κ1) is 26.0. The van der Waals surface area contributed by atoms with Gasteiger partial charge in [-0.3, -0.25) is 0 Å². The molecular weight excluding hydrogens is 462 g/mol. The molecule has 0 bridgehead atoms. The molecule has 34 heavy (non-hydrogen) atoms. The lowest BCUT2D eigenvalue weighted by Gasteiger charge is -2.35. The van der Waals surface area contributed by atoms with Gasteiger partial charge in [0.2, 0.25) is 17.5 Å². The van der Waals surface area contributed by atoms with Crippen LogP contribution in [0, 0.1) is 35.1 Å². The van der Waals surface area contributed by atoms with Crippen LogP contribution in [0.3, 0.4) is 0 Å². The smallest absolute Gasteiger partial charge is 0.251 e. The molecule has 1 saturated carbocycles. The van der Waals surface area contributed by atoms with Gasteiger partial charge < -0.3 is 14.2 Å². The van der Waals surface area contributed by atoms with Crippen LogP contribution in [0.1, 0.15) is 51.5 Å². The molecule has 1 aliphatic rings. The summed E-state index contributed by atoms with van der Waals surface area (Å²) in [7, 11) is 0. The highest BCUT2D eigenvalue weighted by molar-refractivity contribution is 5.36. The van der Waals surface area contributed by atoms with Gasteiger partial charge in [0.25, 0.3) is 5.92 Å². The summed E-state index contributed by atoms with van der Waals surface area (Å²) in [5.74, 6) is -10.3. The monoisotopic (exact) mass is 490 g/mol. The summed E-state index contributed by atoms with van der Waals surface area (Å²) in [5.41, 5.74) is -0.208. The van der Waals surface area contributed by atoms with Crippen molar-refractivity contribution < 1.29 is 40.6 Å². The van der Waals surface area contributed by atoms with Crippen LogP contribution in [-0.2, 0) is 6.61 Å². The Labute approximate surface area is 195 Å². The summed E-state index contributed by atoms with van der Waals surface area (Å²) in [5, 5.41) is 0. The summed E-state index contributed by atoms with van der Waals surface area (Å²) in [6.07, 6.45) is 1.67. The van der Waals surface area contributed by atoms with Crippen molar-refractivity contribution in [3.8, 4) is 17.2 Å². The molecule has 2 atom stereocenters. The molecule has 3 nitrogen and oxygen atoms in total. The maximum atomic E-state index is 14.5. The van der Waals surface area contributed by atoms with Crippen molar-refractivity contribution in [1.82, 2.24) is 0 Å². The van der Waals surface area contributed by atoms with Crippen molar-refractivity contribution in [1.29, 1.82) is 0 Å². The molecule has 0 amide bonds. The third-order valence-corrected chi connectivity index (χ3v) is 6.01. The topological polar surface area (TPSA) is 27.7 Å². The SMILES string of the molecule is CCCC1CCC(COc2ccc(OCc3ccc(OCC)c(F)c3F)c(F)c2F)CC1(F)F. The average molecular weight is 490 g/mol. The third kappa shape index (κ3) is 5.91. The number of rotatable bonds is 10. The van der Waals surface area contributed by atoms with Gasteiger partial charge in [-0.15, -0.1) is 0 Å². The van der Waals surface area contributed by atoms with E-state index in [1.54, 1.807) is 6.92 Å². The van der Waals surface area contributed by atoms with E-state index in [1.165, 1.54) is 12.1 Å². The van der Waals surface area contributed by atoms with Gasteiger partial charge in [0.1, 0.15) is 6.61 Å². The maximum Gasteiger partial charge on any atom is 0.251 e. The second kappa shape index (κ2) is 11.2. The Morgan fingerprint density at radius 3 is 2.00 bits per heavy atom. The molecule has 0 N–H and O–H groups in total. The van der Waals surface area contributed by atoms with Gasteiger partial charge in [0, 0.05) is 17.9 Å². The molecule has 0 saturated heterocycles. The molecule has 0 radical (unpaired) electrons. The normalized spacial score (nSPS) is 19.6. The van der Waals surface area contributed by atoms with Crippen molar-refractivity contribution in [2.24, 2.45) is 11.8 Å². The van der Waals surface area contributed by atoms with E-state index in [2.05, 4.69) is 0 Å². The number of halogens is 6. The first-order valence-corrected chi connectivity index (χ1v) is 11.4. The number of hydrogen-bond donors (Lipinski definition) is 0. The molecule has 2 unspecified atom stereocenters. The Bertz CT molecular complexity index is 982. The number of benzene rings is 2. The van der Waals surface area contributed by atoms with Crippen LogP contribution in [0.5, 0.6) is 17.2 Å². The molecule has 3 rings (SSSR count). The Morgan fingerprint density at radius 1 is 0.794 bits per heavy atom. The highest BCUT2D eigenvalue weighted by Crippen LogP contribution is 2.43. The highest BCUT2D eigenvalue weighted by Gasteiger charge is 2.44. The quantitative estimate of drug-likeness (QED) is 0.324. The predicted octanol–water partition coefficient (Wildman–Crippen LogP) is 7.45. The van der Waals surface area contributed by atoms with Gasteiger partial charge in [-0.1, -0.05) is 13.3 Å². The molecule has 0 aromatic heterocycles. The van der Waals surface area contributed by atoms with Gasteiger partial charge in [-0.2, -0.15) is 13.2 Å². The zero-order valence-electron chi connectivity index (χ0n) is 19.1. The van der Waals surface area contributed by atoms with E-state index in [1.807, 2.05) is 6.92 Å². The third-order valence-electron chi connectivity index (χ3n) is 6.01. The second-order valence-corrected chi connectivity index (χ2v) is 8.47. The van der Waals surface area contributed by atoms with E-state index in [0.717, 1.165) is 12.1 Å². The van der Waals surface area contributed by atoms with Gasteiger partial charge >= 0.3 is 0 Å². The first-order chi connectivity index (χ1) is 16.2. The molecule has 1 fully saturated rings. The second-order valence-electron chi connectivity index (χ2n) is 8.47. The molecule has 2 aromatic carbocycles. The summed E-state index contributed by atoms with van der Waals surface area (Å²) in [6, 6.07) is 4.64. The Balaban J connectivity index is 1.61. The lowest BCUT2D eigenvalue weighted by molar-refractivity contribution is -0.109. The fraction of sp³-hybridized carbons (Fsp3) is 0.520. The minimum absolute atomic E-state index is 0.146. The van der Waals surface area contributed by atoms with E-state index >= 15 is 0 Å². The average Bonchev–Trinajstić information content (AvgIpc) is 2.80. The Kier molecular flexibility index (Phi) is 8.60. The van der Waals surface area contributed by atoms with Crippen molar-refractivity contribution >= 4 is 0 Å². The van der Waals surface area contributed by atoms with Crippen molar-refractivity contribution in [3.05, 3.63) is 53.1 Å². The van der Waals surface area contributed by atoms with E-state index in [-0.39, 0.29) is 30.9 Å². The predicted molar refractivity (Wildman–Crippen MR) is 114 cm³/mol. The molecule has 2 aromatic rings. The van der Waals surface area contributed by atoms with Gasteiger partial charge in [0.05, 0.1) is 13.2 Å². The summed E-state index contributed by atoms with van der Waals surface area (Å²) < 4.78 is 101. The standard InChI is InChI=1S/C25H28F6O3/c1-3-5-17-8-6-15(12-25(17,30)31)13-33-19-10-11-20(24(29)23(19)28)34-14-16-7-9-18(32-4-2)22(27)21(16)26/h7,9-11,15,17H,3-6,8,12-14H2,1-2H3. The van der Waals surface area contributed by atoms with Crippen molar-refractivity contribution in [2.45, 2.75) is 58.5 Å². The van der Waals surface area contributed by atoms with E-state index in [0.29, 0.717) is 25.7 Å². The van der Waals surface area contributed by atoms with Crippen LogP contribution < -0.4 is 14.2 Å². The summed E-state index contributed by atoms with van der Waals surface area (Å²) in [6.45, 7) is 2.91. The largest absolute Gasteiger partial charge is 0.491 e. The number of alkyl halides is 2. The van der Waals surface area contributed by atoms with Gasteiger partial charge in [-0.25, -0.2) is 13.2 Å². The van der Waals surface area contributed by atoms with Crippen LogP contribution in [0.4, 0.5) is 26.3 Å². The zero-order valence-corrected chi connectivity index (χ0v) is 19.1. The van der Waals surface area contributed by atoms with Crippen LogP contribution >= 0.6 is 0 Å². The van der Waals surface area contributed by atoms with E-state index < -0.39 is 59.1 Å². The van der Waals surface area contributed by atoms with Crippen LogP contribution in [0.2, 0.25) is 0 Å². The molecule has 0 heterocycles. The lowest BCUT2D eigenvalue weighted by Crippen LogP contribution is -2.37. The fourth-order valence-corrected chi connectivity index (χ4v) is 4.20.